The van der Waals surface area contributed by atoms with Gasteiger partial charge in [-0.3, -0.25) is 4.90 Å². The van der Waals surface area contributed by atoms with Crippen LogP contribution < -0.4 is 0 Å². The van der Waals surface area contributed by atoms with E-state index in [0.29, 0.717) is 12.6 Å². The fourth-order valence-electron chi connectivity index (χ4n) is 3.75. The normalized spacial score (nSPS) is 22.8. The number of hydrogen-bond acceptors (Lipinski definition) is 3. The van der Waals surface area contributed by atoms with Crippen LogP contribution in [0.15, 0.2) is 24.3 Å². The van der Waals surface area contributed by atoms with Gasteiger partial charge < -0.3 is 9.64 Å². The minimum Gasteiger partial charge on any atom is -0.450 e. The molecule has 22 heavy (non-hydrogen) atoms. The van der Waals surface area contributed by atoms with Crippen LogP contribution in [0, 0.1) is 0 Å². The molecule has 1 amide bonds. The van der Waals surface area contributed by atoms with Crippen LogP contribution in [0.3, 0.4) is 0 Å². The van der Waals surface area contributed by atoms with Gasteiger partial charge in [-0.1, -0.05) is 24.3 Å². The Kier molecular flexibility index (Phi) is 4.98. The Morgan fingerprint density at radius 2 is 2.05 bits per heavy atom. The Labute approximate surface area is 133 Å². The molecule has 1 aliphatic carbocycles. The van der Waals surface area contributed by atoms with Gasteiger partial charge in [-0.05, 0) is 43.7 Å². The predicted molar refractivity (Wildman–Crippen MR) is 86.9 cm³/mol. The molecular formula is C18H26N2O2. The van der Waals surface area contributed by atoms with Crippen molar-refractivity contribution in [3.05, 3.63) is 35.4 Å². The lowest BCUT2D eigenvalue weighted by molar-refractivity contribution is 0.107. The highest BCUT2D eigenvalue weighted by molar-refractivity contribution is 5.67. The molecule has 1 fully saturated rings. The van der Waals surface area contributed by atoms with Crippen molar-refractivity contribution in [1.29, 1.82) is 0 Å². The molecule has 1 atom stereocenters. The zero-order valence-electron chi connectivity index (χ0n) is 13.5. The summed E-state index contributed by atoms with van der Waals surface area (Å²) in [6.45, 7) is 5.91. The first-order valence-corrected chi connectivity index (χ1v) is 8.53. The number of aryl methyl sites for hydroxylation is 1. The maximum Gasteiger partial charge on any atom is 0.409 e. The number of carbonyl (C=O) groups is 1. The van der Waals surface area contributed by atoms with Gasteiger partial charge in [0.15, 0.2) is 0 Å². The second kappa shape index (κ2) is 7.14. The minimum absolute atomic E-state index is 0.159. The molecule has 1 heterocycles. The SMILES string of the molecule is CCOC(=O)N1CCCN([C@H]2CCCc3ccccc32)CC1. The number of amides is 1. The average Bonchev–Trinajstić information content (AvgIpc) is 2.80. The topological polar surface area (TPSA) is 32.8 Å². The standard InChI is InChI=1S/C18H26N2O2/c1-2-22-18(21)20-12-6-11-19(13-14-20)17-10-5-8-15-7-3-4-9-16(15)17/h3-4,7,9,17H,2,5-6,8,10-14H2,1H3/t17-/m0/s1. The van der Waals surface area contributed by atoms with Crippen LogP contribution >= 0.6 is 0 Å². The largest absolute Gasteiger partial charge is 0.450 e. The zero-order valence-corrected chi connectivity index (χ0v) is 13.5. The molecule has 1 aromatic rings. The lowest BCUT2D eigenvalue weighted by Crippen LogP contribution is -2.37. The predicted octanol–water partition coefficient (Wildman–Crippen LogP) is 3.23. The Bertz CT molecular complexity index is 518. The minimum atomic E-state index is -0.159. The van der Waals surface area contributed by atoms with Gasteiger partial charge in [0.1, 0.15) is 0 Å². The van der Waals surface area contributed by atoms with Gasteiger partial charge in [-0.15, -0.1) is 0 Å². The third-order valence-corrected chi connectivity index (χ3v) is 4.84. The molecule has 0 saturated carbocycles. The van der Waals surface area contributed by atoms with Crippen LogP contribution in [0.2, 0.25) is 0 Å². The summed E-state index contributed by atoms with van der Waals surface area (Å²) in [5, 5.41) is 0. The Morgan fingerprint density at radius 3 is 2.91 bits per heavy atom. The maximum absolute atomic E-state index is 11.9. The molecule has 3 rings (SSSR count). The van der Waals surface area contributed by atoms with Crippen molar-refractivity contribution in [2.24, 2.45) is 0 Å². The van der Waals surface area contributed by atoms with Crippen LogP contribution in [0.1, 0.15) is 43.4 Å². The highest BCUT2D eigenvalue weighted by atomic mass is 16.6. The number of benzene rings is 1. The highest BCUT2D eigenvalue weighted by Crippen LogP contribution is 2.34. The zero-order chi connectivity index (χ0) is 15.4. The summed E-state index contributed by atoms with van der Waals surface area (Å²) in [6, 6.07) is 9.37. The quantitative estimate of drug-likeness (QED) is 0.841. The molecule has 0 aromatic heterocycles. The van der Waals surface area contributed by atoms with Crippen molar-refractivity contribution in [1.82, 2.24) is 9.80 Å². The van der Waals surface area contributed by atoms with Crippen LogP contribution in [0.5, 0.6) is 0 Å². The average molecular weight is 302 g/mol. The van der Waals surface area contributed by atoms with Crippen LogP contribution in [-0.2, 0) is 11.2 Å². The van der Waals surface area contributed by atoms with Crippen molar-refractivity contribution in [2.45, 2.75) is 38.6 Å². The number of carbonyl (C=O) groups excluding carboxylic acids is 1. The van der Waals surface area contributed by atoms with Gasteiger partial charge >= 0.3 is 6.09 Å². The lowest BCUT2D eigenvalue weighted by atomic mass is 9.87. The number of rotatable bonds is 2. The third-order valence-electron chi connectivity index (χ3n) is 4.84. The maximum atomic E-state index is 11.9. The molecule has 4 nitrogen and oxygen atoms in total. The molecule has 0 radical (unpaired) electrons. The van der Waals surface area contributed by atoms with Crippen molar-refractivity contribution < 1.29 is 9.53 Å². The summed E-state index contributed by atoms with van der Waals surface area (Å²) >= 11 is 0. The summed E-state index contributed by atoms with van der Waals surface area (Å²) < 4.78 is 5.14. The van der Waals surface area contributed by atoms with Crippen LogP contribution in [0.4, 0.5) is 4.79 Å². The van der Waals surface area contributed by atoms with E-state index in [0.717, 1.165) is 32.6 Å². The van der Waals surface area contributed by atoms with E-state index in [1.807, 2.05) is 11.8 Å². The molecule has 1 aromatic carbocycles. The van der Waals surface area contributed by atoms with E-state index in [9.17, 15) is 4.79 Å². The van der Waals surface area contributed by atoms with Crippen molar-refractivity contribution in [3.63, 3.8) is 0 Å². The van der Waals surface area contributed by atoms with Gasteiger partial charge in [0.05, 0.1) is 6.61 Å². The third kappa shape index (κ3) is 3.27. The first-order chi connectivity index (χ1) is 10.8. The van der Waals surface area contributed by atoms with E-state index in [-0.39, 0.29) is 6.09 Å². The molecule has 0 spiro atoms. The number of fused-ring (bicyclic) bond motifs is 1. The molecule has 4 heteroatoms. The van der Waals surface area contributed by atoms with E-state index in [2.05, 4.69) is 29.2 Å². The van der Waals surface area contributed by atoms with Crippen molar-refractivity contribution in [2.75, 3.05) is 32.8 Å². The Morgan fingerprint density at radius 1 is 1.18 bits per heavy atom. The van der Waals surface area contributed by atoms with Gasteiger partial charge in [0.25, 0.3) is 0 Å². The van der Waals surface area contributed by atoms with E-state index < -0.39 is 0 Å². The fraction of sp³-hybridized carbons (Fsp3) is 0.611. The smallest absolute Gasteiger partial charge is 0.409 e. The fourth-order valence-corrected chi connectivity index (χ4v) is 3.75. The summed E-state index contributed by atoms with van der Waals surface area (Å²) in [6.07, 6.45) is 4.57. The Balaban J connectivity index is 1.68. The molecule has 1 aliphatic heterocycles. The van der Waals surface area contributed by atoms with Gasteiger partial charge in [0.2, 0.25) is 0 Å². The first-order valence-electron chi connectivity index (χ1n) is 8.53. The second-order valence-electron chi connectivity index (χ2n) is 6.18. The highest BCUT2D eigenvalue weighted by Gasteiger charge is 2.28. The van der Waals surface area contributed by atoms with E-state index in [1.165, 1.54) is 30.4 Å². The summed E-state index contributed by atoms with van der Waals surface area (Å²) in [5.74, 6) is 0. The van der Waals surface area contributed by atoms with Gasteiger partial charge in [-0.25, -0.2) is 4.79 Å². The number of hydrogen-bond donors (Lipinski definition) is 0. The first kappa shape index (κ1) is 15.3. The molecule has 0 unspecified atom stereocenters. The molecule has 120 valence electrons. The summed E-state index contributed by atoms with van der Waals surface area (Å²) in [7, 11) is 0. The van der Waals surface area contributed by atoms with Crippen molar-refractivity contribution in [3.8, 4) is 0 Å². The van der Waals surface area contributed by atoms with Gasteiger partial charge in [-0.2, -0.15) is 0 Å². The summed E-state index contributed by atoms with van der Waals surface area (Å²) in [4.78, 5) is 16.3. The van der Waals surface area contributed by atoms with E-state index >= 15 is 0 Å². The van der Waals surface area contributed by atoms with Crippen molar-refractivity contribution >= 4 is 6.09 Å². The van der Waals surface area contributed by atoms with Crippen LogP contribution in [-0.4, -0.2) is 48.7 Å². The second-order valence-corrected chi connectivity index (χ2v) is 6.18. The molecule has 0 N–H and O–H groups in total. The molecule has 1 saturated heterocycles. The monoisotopic (exact) mass is 302 g/mol. The number of nitrogens with zero attached hydrogens (tertiary/aromatic N) is 2. The molecule has 2 aliphatic rings. The lowest BCUT2D eigenvalue weighted by Gasteiger charge is -2.35. The molecule has 0 bridgehead atoms. The number of ether oxygens (including phenoxy) is 1. The molecular weight excluding hydrogens is 276 g/mol. The van der Waals surface area contributed by atoms with E-state index in [1.54, 1.807) is 0 Å². The van der Waals surface area contributed by atoms with Gasteiger partial charge in [0, 0.05) is 32.2 Å². The Hall–Kier alpha value is -1.55. The summed E-state index contributed by atoms with van der Waals surface area (Å²) in [5.41, 5.74) is 3.00. The van der Waals surface area contributed by atoms with Crippen LogP contribution in [0.25, 0.3) is 0 Å². The van der Waals surface area contributed by atoms with E-state index in [4.69, 9.17) is 4.74 Å².